The molecule has 1 saturated carbocycles. The highest BCUT2D eigenvalue weighted by Crippen LogP contribution is 2.50. The molecule has 1 atom stereocenters. The predicted molar refractivity (Wildman–Crippen MR) is 103 cm³/mol. The maximum absolute atomic E-state index is 6.34. The summed E-state index contributed by atoms with van der Waals surface area (Å²) in [6.45, 7) is 2.95. The van der Waals surface area contributed by atoms with Crippen LogP contribution in [0.5, 0.6) is 0 Å². The Morgan fingerprint density at radius 3 is 2.77 bits per heavy atom. The topological polar surface area (TPSA) is 50.8 Å². The van der Waals surface area contributed by atoms with Crippen LogP contribution >= 0.6 is 0 Å². The van der Waals surface area contributed by atoms with Crippen LogP contribution in [0.25, 0.3) is 0 Å². The molecule has 1 spiro atoms. The van der Waals surface area contributed by atoms with E-state index < -0.39 is 0 Å². The number of unbranched alkanes of at least 4 members (excludes halogenated alkanes) is 1. The van der Waals surface area contributed by atoms with Gasteiger partial charge in [-0.05, 0) is 70.1 Å². The first kappa shape index (κ1) is 17.7. The van der Waals surface area contributed by atoms with Crippen LogP contribution in [0, 0.1) is 6.92 Å². The normalized spacial score (nSPS) is 25.0. The monoisotopic (exact) mass is 353 g/mol. The maximum Gasteiger partial charge on any atom is 0.0691 e. The van der Waals surface area contributed by atoms with Gasteiger partial charge in [0.2, 0.25) is 0 Å². The molecule has 0 aromatic carbocycles. The molecule has 4 heteroatoms. The molecule has 1 aliphatic carbocycles. The van der Waals surface area contributed by atoms with Crippen LogP contribution in [0.2, 0.25) is 0 Å². The number of pyridine rings is 1. The van der Waals surface area contributed by atoms with Crippen LogP contribution in [0.15, 0.2) is 30.5 Å². The van der Waals surface area contributed by atoms with E-state index in [4.69, 9.17) is 9.72 Å². The highest BCUT2D eigenvalue weighted by atomic mass is 16.5. The number of aromatic amines is 1. The van der Waals surface area contributed by atoms with Crippen molar-refractivity contribution >= 4 is 0 Å². The molecule has 140 valence electrons. The Hall–Kier alpha value is -1.68. The number of aryl methyl sites for hydroxylation is 2. The van der Waals surface area contributed by atoms with E-state index >= 15 is 0 Å². The molecule has 4 nitrogen and oxygen atoms in total. The molecule has 1 N–H and O–H groups in total. The number of ether oxygens (including phenoxy) is 1. The van der Waals surface area contributed by atoms with Crippen molar-refractivity contribution in [2.75, 3.05) is 6.61 Å². The standard InChI is InChI=1S/C22H31N3O/c1-18-16-19(25-24-18)8-2-4-10-21(20-9-3-7-14-23-20)13-15-26-22(17-21)11-5-6-12-22/h3,7,9,14,16H,2,4-6,8,10-13,15,17H2,1H3,(H,24,25). The lowest BCUT2D eigenvalue weighted by molar-refractivity contribution is -0.104. The van der Waals surface area contributed by atoms with Crippen molar-refractivity contribution in [3.63, 3.8) is 0 Å². The van der Waals surface area contributed by atoms with Gasteiger partial charge in [-0.25, -0.2) is 0 Å². The molecule has 1 unspecified atom stereocenters. The number of H-pyrrole nitrogens is 1. The lowest BCUT2D eigenvalue weighted by Gasteiger charge is -2.46. The number of hydrogen-bond donors (Lipinski definition) is 1. The summed E-state index contributed by atoms with van der Waals surface area (Å²) in [5.41, 5.74) is 3.93. The summed E-state index contributed by atoms with van der Waals surface area (Å²) in [6.07, 6.45) is 14.0. The first-order valence-corrected chi connectivity index (χ1v) is 10.3. The van der Waals surface area contributed by atoms with Gasteiger partial charge in [-0.15, -0.1) is 0 Å². The van der Waals surface area contributed by atoms with Crippen molar-refractivity contribution in [1.29, 1.82) is 0 Å². The molecular formula is C22H31N3O. The lowest BCUT2D eigenvalue weighted by Crippen LogP contribution is -2.46. The summed E-state index contributed by atoms with van der Waals surface area (Å²) < 4.78 is 6.34. The van der Waals surface area contributed by atoms with Crippen LogP contribution in [0.3, 0.4) is 0 Å². The fourth-order valence-corrected chi connectivity index (χ4v) is 5.17. The molecule has 0 radical (unpaired) electrons. The quantitative estimate of drug-likeness (QED) is 0.753. The van der Waals surface area contributed by atoms with Crippen LogP contribution in [0.4, 0.5) is 0 Å². The van der Waals surface area contributed by atoms with E-state index in [2.05, 4.69) is 35.3 Å². The number of hydrogen-bond acceptors (Lipinski definition) is 3. The smallest absolute Gasteiger partial charge is 0.0691 e. The van der Waals surface area contributed by atoms with E-state index in [1.807, 2.05) is 12.3 Å². The van der Waals surface area contributed by atoms with Crippen molar-refractivity contribution in [3.05, 3.63) is 47.5 Å². The third kappa shape index (κ3) is 3.71. The minimum atomic E-state index is 0.120. The van der Waals surface area contributed by atoms with Crippen LogP contribution in [0.1, 0.15) is 74.9 Å². The van der Waals surface area contributed by atoms with Crippen LogP contribution in [-0.4, -0.2) is 27.4 Å². The fourth-order valence-electron chi connectivity index (χ4n) is 5.17. The van der Waals surface area contributed by atoms with Gasteiger partial charge in [0.25, 0.3) is 0 Å². The van der Waals surface area contributed by atoms with Gasteiger partial charge in [0, 0.05) is 29.6 Å². The van der Waals surface area contributed by atoms with Gasteiger partial charge in [-0.3, -0.25) is 10.1 Å². The second-order valence-corrected chi connectivity index (χ2v) is 8.41. The van der Waals surface area contributed by atoms with E-state index in [0.29, 0.717) is 0 Å². The van der Waals surface area contributed by atoms with E-state index in [1.165, 1.54) is 56.3 Å². The van der Waals surface area contributed by atoms with Gasteiger partial charge < -0.3 is 4.74 Å². The summed E-state index contributed by atoms with van der Waals surface area (Å²) in [7, 11) is 0. The first-order valence-electron chi connectivity index (χ1n) is 10.3. The van der Waals surface area contributed by atoms with Crippen molar-refractivity contribution < 1.29 is 4.74 Å². The van der Waals surface area contributed by atoms with Gasteiger partial charge >= 0.3 is 0 Å². The van der Waals surface area contributed by atoms with Gasteiger partial charge in [-0.1, -0.05) is 25.3 Å². The van der Waals surface area contributed by atoms with Crippen LogP contribution in [-0.2, 0) is 16.6 Å². The van der Waals surface area contributed by atoms with Gasteiger partial charge in [0.15, 0.2) is 0 Å². The van der Waals surface area contributed by atoms with Crippen molar-refractivity contribution in [2.45, 2.75) is 82.1 Å². The lowest BCUT2D eigenvalue weighted by atomic mass is 9.67. The fraction of sp³-hybridized carbons (Fsp3) is 0.636. The Labute approximate surface area is 156 Å². The number of nitrogens with one attached hydrogen (secondary N) is 1. The Morgan fingerprint density at radius 2 is 2.04 bits per heavy atom. The van der Waals surface area contributed by atoms with Gasteiger partial charge in [-0.2, -0.15) is 5.10 Å². The third-order valence-corrected chi connectivity index (χ3v) is 6.47. The molecule has 26 heavy (non-hydrogen) atoms. The number of aromatic nitrogens is 3. The van der Waals surface area contributed by atoms with E-state index in [9.17, 15) is 0 Å². The first-order chi connectivity index (χ1) is 12.7. The molecule has 4 rings (SSSR count). The molecular weight excluding hydrogens is 322 g/mol. The number of nitrogens with zero attached hydrogens (tertiary/aromatic N) is 2. The minimum Gasteiger partial charge on any atom is -0.375 e. The Bertz CT molecular complexity index is 705. The summed E-state index contributed by atoms with van der Waals surface area (Å²) in [5, 5.41) is 7.42. The van der Waals surface area contributed by atoms with E-state index in [-0.39, 0.29) is 11.0 Å². The van der Waals surface area contributed by atoms with Gasteiger partial charge in [0.1, 0.15) is 0 Å². The number of rotatable bonds is 6. The Balaban J connectivity index is 1.46. The highest BCUT2D eigenvalue weighted by molar-refractivity contribution is 5.20. The van der Waals surface area contributed by atoms with Gasteiger partial charge in [0.05, 0.1) is 11.3 Å². The SMILES string of the molecule is Cc1cc(CCCCC2(c3ccccn3)CCOC3(CCCC3)C2)n[nH]1. The molecule has 0 amide bonds. The highest BCUT2D eigenvalue weighted by Gasteiger charge is 2.48. The van der Waals surface area contributed by atoms with Crippen LogP contribution < -0.4 is 0 Å². The molecule has 0 bridgehead atoms. The Kier molecular flexibility index (Phi) is 5.12. The third-order valence-electron chi connectivity index (χ3n) is 6.47. The molecule has 2 aromatic heterocycles. The zero-order valence-corrected chi connectivity index (χ0v) is 16.0. The summed E-state index contributed by atoms with van der Waals surface area (Å²) >= 11 is 0. The molecule has 1 saturated heterocycles. The summed E-state index contributed by atoms with van der Waals surface area (Å²) in [5.74, 6) is 0. The molecule has 3 heterocycles. The average Bonchev–Trinajstić information content (AvgIpc) is 3.29. The molecule has 2 fully saturated rings. The molecule has 1 aliphatic heterocycles. The average molecular weight is 354 g/mol. The maximum atomic E-state index is 6.34. The zero-order chi connectivity index (χ0) is 17.9. The molecule has 2 aromatic rings. The van der Waals surface area contributed by atoms with E-state index in [1.54, 1.807) is 0 Å². The molecule has 2 aliphatic rings. The minimum absolute atomic E-state index is 0.120. The summed E-state index contributed by atoms with van der Waals surface area (Å²) in [4.78, 5) is 4.80. The van der Waals surface area contributed by atoms with Crippen molar-refractivity contribution in [3.8, 4) is 0 Å². The van der Waals surface area contributed by atoms with Crippen molar-refractivity contribution in [1.82, 2.24) is 15.2 Å². The Morgan fingerprint density at radius 1 is 1.15 bits per heavy atom. The van der Waals surface area contributed by atoms with Crippen molar-refractivity contribution in [2.24, 2.45) is 0 Å². The largest absolute Gasteiger partial charge is 0.375 e. The van der Waals surface area contributed by atoms with E-state index in [0.717, 1.165) is 31.6 Å². The predicted octanol–water partition coefficient (Wildman–Crippen LogP) is 4.89. The summed E-state index contributed by atoms with van der Waals surface area (Å²) in [6, 6.07) is 8.58. The second kappa shape index (κ2) is 7.51. The second-order valence-electron chi connectivity index (χ2n) is 8.41. The zero-order valence-electron chi connectivity index (χ0n) is 16.0.